The number of hydrogen-bond donors (Lipinski definition) is 2. The molecule has 0 aliphatic heterocycles. The van der Waals surface area contributed by atoms with Crippen LogP contribution in [0.25, 0.3) is 32.6 Å². The molecule has 0 aliphatic rings. The van der Waals surface area contributed by atoms with Crippen LogP contribution < -0.4 is 0 Å². The predicted molar refractivity (Wildman–Crippen MR) is 92.6 cm³/mol. The fraction of sp³-hybridized carbons (Fsp3) is 0.118. The van der Waals surface area contributed by atoms with Gasteiger partial charge in [0.25, 0.3) is 0 Å². The number of rotatable bonds is 0. The molecule has 0 unspecified atom stereocenters. The van der Waals surface area contributed by atoms with E-state index in [1.165, 1.54) is 16.3 Å². The van der Waals surface area contributed by atoms with E-state index in [1.54, 1.807) is 12.1 Å². The Morgan fingerprint density at radius 2 is 1.76 bits per heavy atom. The van der Waals surface area contributed by atoms with Gasteiger partial charge in [-0.1, -0.05) is 0 Å². The average molecular weight is 343 g/mol. The summed E-state index contributed by atoms with van der Waals surface area (Å²) in [4.78, 5) is 7.96. The molecule has 2 aromatic carbocycles. The molecule has 0 bridgehead atoms. The number of pyridine rings is 1. The summed E-state index contributed by atoms with van der Waals surface area (Å²) in [5, 5.41) is 14.2. The van der Waals surface area contributed by atoms with Crippen molar-refractivity contribution in [2.75, 3.05) is 0 Å². The lowest BCUT2D eigenvalue weighted by atomic mass is 10.0. The van der Waals surface area contributed by atoms with E-state index in [2.05, 4.69) is 31.0 Å². The van der Waals surface area contributed by atoms with Gasteiger partial charge in [0, 0.05) is 28.0 Å². The zero-order valence-corrected chi connectivity index (χ0v) is 13.5. The van der Waals surface area contributed by atoms with Crippen LogP contribution in [0.15, 0.2) is 36.5 Å². The van der Waals surface area contributed by atoms with Crippen molar-refractivity contribution in [2.24, 2.45) is 0 Å². The lowest BCUT2D eigenvalue weighted by Crippen LogP contribution is -1.87. The Balaban J connectivity index is 0.00000132. The van der Waals surface area contributed by atoms with Crippen LogP contribution >= 0.6 is 17.0 Å². The Hall–Kier alpha value is -2.07. The van der Waals surface area contributed by atoms with Crippen molar-refractivity contribution in [1.82, 2.24) is 9.97 Å². The van der Waals surface area contributed by atoms with Crippen LogP contribution in [0.2, 0.25) is 0 Å². The Kier molecular flexibility index (Phi) is 3.14. The quantitative estimate of drug-likeness (QED) is 0.483. The molecule has 0 radical (unpaired) electrons. The van der Waals surface area contributed by atoms with E-state index in [-0.39, 0.29) is 22.7 Å². The number of benzene rings is 2. The van der Waals surface area contributed by atoms with Gasteiger partial charge in [-0.25, -0.2) is 4.98 Å². The highest BCUT2D eigenvalue weighted by atomic mass is 79.9. The first-order valence-electron chi connectivity index (χ1n) is 6.65. The van der Waals surface area contributed by atoms with E-state index in [0.717, 1.165) is 27.5 Å². The van der Waals surface area contributed by atoms with Crippen molar-refractivity contribution >= 4 is 49.6 Å². The predicted octanol–water partition coefficient (Wildman–Crippen LogP) is 4.77. The fourth-order valence-corrected chi connectivity index (χ4v) is 2.98. The second kappa shape index (κ2) is 4.74. The molecule has 0 aliphatic carbocycles. The van der Waals surface area contributed by atoms with Gasteiger partial charge >= 0.3 is 0 Å². The first-order valence-corrected chi connectivity index (χ1v) is 6.65. The number of fused-ring (bicyclic) bond motifs is 4. The molecule has 4 heteroatoms. The summed E-state index contributed by atoms with van der Waals surface area (Å²) in [5.41, 5.74) is 4.27. The number of nitrogens with zero attached hydrogens (tertiary/aromatic N) is 1. The average Bonchev–Trinajstić information content (AvgIpc) is 2.79. The van der Waals surface area contributed by atoms with E-state index < -0.39 is 0 Å². The number of H-pyrrole nitrogens is 1. The molecule has 4 aromatic rings. The minimum absolute atomic E-state index is 0. The maximum atomic E-state index is 9.71. The minimum Gasteiger partial charge on any atom is -0.508 e. The highest BCUT2D eigenvalue weighted by Crippen LogP contribution is 2.34. The minimum atomic E-state index is 0. The van der Waals surface area contributed by atoms with Gasteiger partial charge in [-0.15, -0.1) is 17.0 Å². The summed E-state index contributed by atoms with van der Waals surface area (Å²) in [7, 11) is 0. The van der Waals surface area contributed by atoms with Crippen molar-refractivity contribution in [2.45, 2.75) is 13.8 Å². The number of hydrogen-bond acceptors (Lipinski definition) is 2. The van der Waals surface area contributed by atoms with Crippen molar-refractivity contribution in [1.29, 1.82) is 0 Å². The Morgan fingerprint density at radius 1 is 0.952 bits per heavy atom. The number of nitrogens with one attached hydrogen (secondary N) is 1. The Morgan fingerprint density at radius 3 is 2.57 bits per heavy atom. The number of phenolic OH excluding ortho intramolecular Hbond substituents is 1. The zero-order valence-electron chi connectivity index (χ0n) is 11.8. The SMILES string of the molecule is Br.Cc1[nH]ccc2c(C)c3nc4ccc(O)cc4c3cc12. The molecule has 21 heavy (non-hydrogen) atoms. The van der Waals surface area contributed by atoms with Gasteiger partial charge in [-0.05, 0) is 55.1 Å². The molecule has 0 fully saturated rings. The maximum Gasteiger partial charge on any atom is 0.116 e. The summed E-state index contributed by atoms with van der Waals surface area (Å²) in [6, 6.07) is 9.60. The molecule has 106 valence electrons. The third kappa shape index (κ3) is 1.90. The van der Waals surface area contributed by atoms with Crippen LogP contribution in [0.5, 0.6) is 5.75 Å². The van der Waals surface area contributed by atoms with Crippen LogP contribution in [0.1, 0.15) is 11.3 Å². The molecule has 2 aromatic heterocycles. The van der Waals surface area contributed by atoms with Crippen molar-refractivity contribution in [3.63, 3.8) is 0 Å². The number of aromatic nitrogens is 2. The van der Waals surface area contributed by atoms with Crippen molar-refractivity contribution in [3.05, 3.63) is 47.8 Å². The van der Waals surface area contributed by atoms with Crippen LogP contribution in [0.4, 0.5) is 0 Å². The lowest BCUT2D eigenvalue weighted by molar-refractivity contribution is 0.476. The Bertz CT molecular complexity index is 989. The van der Waals surface area contributed by atoms with E-state index in [1.807, 2.05) is 12.3 Å². The van der Waals surface area contributed by atoms with E-state index in [9.17, 15) is 5.11 Å². The molecular formula is C17H15BrN2O. The van der Waals surface area contributed by atoms with Crippen LogP contribution in [0, 0.1) is 13.8 Å². The number of aryl methyl sites for hydroxylation is 2. The molecular weight excluding hydrogens is 328 g/mol. The normalized spacial score (nSPS) is 11.1. The fourth-order valence-electron chi connectivity index (χ4n) is 2.98. The van der Waals surface area contributed by atoms with Gasteiger partial charge in [0.1, 0.15) is 5.75 Å². The highest BCUT2D eigenvalue weighted by molar-refractivity contribution is 8.93. The molecule has 0 spiro atoms. The monoisotopic (exact) mass is 342 g/mol. The smallest absolute Gasteiger partial charge is 0.116 e. The standard InChI is InChI=1S/C17H14N2O.BrH/c1-9-12-5-6-18-10(2)13(12)8-15-14-7-11(20)3-4-16(14)19-17(9)15;/h3-8,18,20H,1-2H3;1H. The summed E-state index contributed by atoms with van der Waals surface area (Å²) in [5.74, 6) is 0.279. The number of aromatic hydroxyl groups is 1. The first kappa shape index (κ1) is 13.9. The van der Waals surface area contributed by atoms with Crippen LogP contribution in [-0.4, -0.2) is 15.1 Å². The number of phenols is 1. The molecule has 2 N–H and O–H groups in total. The van der Waals surface area contributed by atoms with Gasteiger partial charge in [-0.3, -0.25) is 0 Å². The lowest BCUT2D eigenvalue weighted by Gasteiger charge is -2.06. The molecule has 0 saturated carbocycles. The molecule has 4 rings (SSSR count). The van der Waals surface area contributed by atoms with E-state index in [4.69, 9.17) is 4.98 Å². The maximum absolute atomic E-state index is 9.71. The molecule has 2 heterocycles. The summed E-state index contributed by atoms with van der Waals surface area (Å²) in [6.45, 7) is 4.18. The van der Waals surface area contributed by atoms with Gasteiger partial charge < -0.3 is 10.1 Å². The van der Waals surface area contributed by atoms with Crippen molar-refractivity contribution < 1.29 is 5.11 Å². The largest absolute Gasteiger partial charge is 0.508 e. The number of halogens is 1. The highest BCUT2D eigenvalue weighted by Gasteiger charge is 2.12. The van der Waals surface area contributed by atoms with E-state index in [0.29, 0.717) is 0 Å². The van der Waals surface area contributed by atoms with Crippen LogP contribution in [0.3, 0.4) is 0 Å². The summed E-state index contributed by atoms with van der Waals surface area (Å²) >= 11 is 0. The van der Waals surface area contributed by atoms with Gasteiger partial charge in [-0.2, -0.15) is 0 Å². The molecule has 0 atom stereocenters. The van der Waals surface area contributed by atoms with Gasteiger partial charge in [0.05, 0.1) is 11.0 Å². The Labute approximate surface area is 132 Å². The summed E-state index contributed by atoms with van der Waals surface area (Å²) in [6.07, 6.45) is 1.96. The van der Waals surface area contributed by atoms with Crippen molar-refractivity contribution in [3.8, 4) is 5.75 Å². The molecule has 0 amide bonds. The topological polar surface area (TPSA) is 48.9 Å². The second-order valence-corrected chi connectivity index (χ2v) is 5.27. The number of aromatic amines is 1. The third-order valence-corrected chi connectivity index (χ3v) is 4.05. The zero-order chi connectivity index (χ0) is 13.9. The van der Waals surface area contributed by atoms with Gasteiger partial charge in [0.15, 0.2) is 0 Å². The van der Waals surface area contributed by atoms with Crippen LogP contribution in [-0.2, 0) is 0 Å². The molecule has 3 nitrogen and oxygen atoms in total. The third-order valence-electron chi connectivity index (χ3n) is 4.05. The van der Waals surface area contributed by atoms with Gasteiger partial charge in [0.2, 0.25) is 0 Å². The first-order chi connectivity index (χ1) is 9.65. The molecule has 0 saturated heterocycles. The summed E-state index contributed by atoms with van der Waals surface area (Å²) < 4.78 is 0. The van der Waals surface area contributed by atoms with E-state index >= 15 is 0 Å². The second-order valence-electron chi connectivity index (χ2n) is 5.27.